The van der Waals surface area contributed by atoms with Crippen molar-refractivity contribution in [3.8, 4) is 5.75 Å². The molecule has 0 amide bonds. The van der Waals surface area contributed by atoms with Crippen LogP contribution in [0.15, 0.2) is 35.3 Å². The van der Waals surface area contributed by atoms with Gasteiger partial charge in [-0.15, -0.1) is 11.8 Å². The summed E-state index contributed by atoms with van der Waals surface area (Å²) in [4.78, 5) is 32.9. The first-order valence-electron chi connectivity index (χ1n) is 6.95. The highest BCUT2D eigenvalue weighted by molar-refractivity contribution is 8.03. The Labute approximate surface area is 145 Å². The van der Waals surface area contributed by atoms with E-state index in [2.05, 4.69) is 20.0 Å². The minimum absolute atomic E-state index is 0.00184. The number of thioether (sulfide) groups is 1. The van der Waals surface area contributed by atoms with E-state index in [0.717, 1.165) is 31.0 Å². The maximum atomic E-state index is 13.9. The first-order chi connectivity index (χ1) is 12.0. The van der Waals surface area contributed by atoms with Gasteiger partial charge in [0.2, 0.25) is 11.6 Å². The molecule has 1 N–H and O–H groups in total. The van der Waals surface area contributed by atoms with Crippen LogP contribution in [0.2, 0.25) is 0 Å². The molecule has 1 aromatic carbocycles. The summed E-state index contributed by atoms with van der Waals surface area (Å²) in [5.41, 5.74) is -0.0770. The number of halogens is 2. The molecule has 1 heterocycles. The van der Waals surface area contributed by atoms with Gasteiger partial charge in [-0.2, -0.15) is 0 Å². The number of carbonyl (C=O) groups excluding carboxylic acids is 2. The molecule has 0 radical (unpaired) electrons. The van der Waals surface area contributed by atoms with Crippen molar-refractivity contribution in [2.45, 2.75) is 0 Å². The summed E-state index contributed by atoms with van der Waals surface area (Å²) in [6, 6.07) is 1.95. The minimum Gasteiger partial charge on any atom is -0.491 e. The molecule has 3 rings (SSSR count). The van der Waals surface area contributed by atoms with E-state index in [1.54, 1.807) is 6.26 Å². The summed E-state index contributed by atoms with van der Waals surface area (Å²) in [5, 5.41) is 2.63. The monoisotopic (exact) mass is 363 g/mol. The van der Waals surface area contributed by atoms with E-state index in [4.69, 9.17) is 0 Å². The second kappa shape index (κ2) is 6.60. The van der Waals surface area contributed by atoms with Crippen molar-refractivity contribution in [3.63, 3.8) is 0 Å². The standard InChI is InChI=1S/C16H11F2N3O3S/c1-24-15-9(17)3-7(4-10(15)18)21-12-13(22)8-5-19-6-20-11(8)14(23)16(12)25-2/h3-6,21H,1-2H3. The Morgan fingerprint density at radius 1 is 1.16 bits per heavy atom. The van der Waals surface area contributed by atoms with Crippen LogP contribution in [0.25, 0.3) is 0 Å². The lowest BCUT2D eigenvalue weighted by Gasteiger charge is -2.20. The maximum absolute atomic E-state index is 13.9. The van der Waals surface area contributed by atoms with Gasteiger partial charge in [-0.1, -0.05) is 0 Å². The summed E-state index contributed by atoms with van der Waals surface area (Å²) in [6.45, 7) is 0. The molecule has 1 aliphatic rings. The average Bonchev–Trinajstić information content (AvgIpc) is 2.59. The van der Waals surface area contributed by atoms with E-state index in [0.29, 0.717) is 0 Å². The molecule has 25 heavy (non-hydrogen) atoms. The Morgan fingerprint density at radius 3 is 2.44 bits per heavy atom. The van der Waals surface area contributed by atoms with Gasteiger partial charge in [0.05, 0.1) is 17.6 Å². The highest BCUT2D eigenvalue weighted by Gasteiger charge is 2.33. The van der Waals surface area contributed by atoms with Crippen LogP contribution in [0.3, 0.4) is 0 Å². The number of fused-ring (bicyclic) bond motifs is 1. The molecule has 1 aromatic heterocycles. The van der Waals surface area contributed by atoms with E-state index >= 15 is 0 Å². The number of carbonyl (C=O) groups is 2. The molecule has 0 aliphatic heterocycles. The van der Waals surface area contributed by atoms with Crippen molar-refractivity contribution in [1.29, 1.82) is 0 Å². The van der Waals surface area contributed by atoms with E-state index in [9.17, 15) is 18.4 Å². The summed E-state index contributed by atoms with van der Waals surface area (Å²) in [6.07, 6.45) is 4.02. The number of hydrogen-bond acceptors (Lipinski definition) is 7. The number of ether oxygens (including phenoxy) is 1. The number of anilines is 1. The Balaban J connectivity index is 2.07. The SMILES string of the molecule is COc1c(F)cc(NC2=C(SC)C(=O)c3ncncc3C2=O)cc1F. The topological polar surface area (TPSA) is 81.2 Å². The molecule has 6 nitrogen and oxygen atoms in total. The zero-order chi connectivity index (χ0) is 18.1. The van der Waals surface area contributed by atoms with Crippen LogP contribution in [0.1, 0.15) is 20.8 Å². The second-order valence-electron chi connectivity index (χ2n) is 4.95. The Kier molecular flexibility index (Phi) is 4.49. The largest absolute Gasteiger partial charge is 0.491 e. The number of ketones is 2. The Hall–Kier alpha value is -2.81. The lowest BCUT2D eigenvalue weighted by atomic mass is 9.98. The fourth-order valence-electron chi connectivity index (χ4n) is 2.42. The van der Waals surface area contributed by atoms with Crippen LogP contribution in [0, 0.1) is 11.6 Å². The van der Waals surface area contributed by atoms with Gasteiger partial charge in [0, 0.05) is 24.0 Å². The normalized spacial score (nSPS) is 13.8. The second-order valence-corrected chi connectivity index (χ2v) is 5.77. The number of aromatic nitrogens is 2. The van der Waals surface area contributed by atoms with Crippen LogP contribution < -0.4 is 10.1 Å². The zero-order valence-corrected chi connectivity index (χ0v) is 13.9. The number of rotatable bonds is 4. The van der Waals surface area contributed by atoms with Crippen LogP contribution in [-0.4, -0.2) is 34.9 Å². The predicted octanol–water partition coefficient (Wildman–Crippen LogP) is 2.83. The van der Waals surface area contributed by atoms with Crippen molar-refractivity contribution in [3.05, 3.63) is 58.2 Å². The van der Waals surface area contributed by atoms with Crippen LogP contribution in [0.5, 0.6) is 5.75 Å². The highest BCUT2D eigenvalue weighted by Crippen LogP contribution is 2.32. The van der Waals surface area contributed by atoms with E-state index in [1.165, 1.54) is 12.5 Å². The lowest BCUT2D eigenvalue weighted by molar-refractivity contribution is 0.0978. The quantitative estimate of drug-likeness (QED) is 0.894. The Morgan fingerprint density at radius 2 is 1.84 bits per heavy atom. The van der Waals surface area contributed by atoms with Gasteiger partial charge in [-0.3, -0.25) is 9.59 Å². The third-order valence-electron chi connectivity index (χ3n) is 3.51. The molecule has 0 saturated carbocycles. The number of allylic oxidation sites excluding steroid dienone is 2. The predicted molar refractivity (Wildman–Crippen MR) is 87.8 cm³/mol. The molecule has 0 spiro atoms. The number of Topliss-reactive ketones (excluding diaryl/α,β-unsaturated/α-hetero) is 2. The molecule has 2 aromatic rings. The van der Waals surface area contributed by atoms with Crippen LogP contribution in [0.4, 0.5) is 14.5 Å². The zero-order valence-electron chi connectivity index (χ0n) is 13.1. The molecular formula is C16H11F2N3O3S. The molecule has 0 saturated heterocycles. The number of benzene rings is 1. The van der Waals surface area contributed by atoms with E-state index < -0.39 is 29.0 Å². The highest BCUT2D eigenvalue weighted by atomic mass is 32.2. The Bertz CT molecular complexity index is 908. The molecule has 0 fully saturated rings. The molecule has 0 bridgehead atoms. The van der Waals surface area contributed by atoms with Crippen molar-refractivity contribution in [1.82, 2.24) is 9.97 Å². The van der Waals surface area contributed by atoms with E-state index in [-0.39, 0.29) is 27.5 Å². The fourth-order valence-corrected chi connectivity index (χ4v) is 3.05. The maximum Gasteiger partial charge on any atom is 0.220 e. The number of hydrogen-bond donors (Lipinski definition) is 1. The molecule has 128 valence electrons. The van der Waals surface area contributed by atoms with Crippen molar-refractivity contribution in [2.24, 2.45) is 0 Å². The van der Waals surface area contributed by atoms with Crippen molar-refractivity contribution >= 4 is 29.0 Å². The van der Waals surface area contributed by atoms with Gasteiger partial charge in [0.15, 0.2) is 17.4 Å². The summed E-state index contributed by atoms with van der Waals surface area (Å²) in [5.74, 6) is -3.39. The van der Waals surface area contributed by atoms with Gasteiger partial charge in [0.25, 0.3) is 0 Å². The summed E-state index contributed by atoms with van der Waals surface area (Å²) in [7, 11) is 1.14. The van der Waals surface area contributed by atoms with Gasteiger partial charge in [0.1, 0.15) is 17.7 Å². The lowest BCUT2D eigenvalue weighted by Crippen LogP contribution is -2.26. The van der Waals surface area contributed by atoms with Crippen LogP contribution >= 0.6 is 11.8 Å². The third-order valence-corrected chi connectivity index (χ3v) is 4.31. The summed E-state index contributed by atoms with van der Waals surface area (Å²) >= 11 is 1.04. The molecule has 0 atom stereocenters. The minimum atomic E-state index is -0.936. The number of nitrogens with one attached hydrogen (secondary N) is 1. The first kappa shape index (κ1) is 17.0. The van der Waals surface area contributed by atoms with E-state index in [1.807, 2.05) is 0 Å². The number of nitrogens with zero attached hydrogens (tertiary/aromatic N) is 2. The molecule has 9 heteroatoms. The molecular weight excluding hydrogens is 352 g/mol. The van der Waals surface area contributed by atoms with Gasteiger partial charge >= 0.3 is 0 Å². The van der Waals surface area contributed by atoms with Crippen molar-refractivity contribution < 1.29 is 23.1 Å². The first-order valence-corrected chi connectivity index (χ1v) is 8.18. The summed E-state index contributed by atoms with van der Waals surface area (Å²) < 4.78 is 32.3. The van der Waals surface area contributed by atoms with Gasteiger partial charge in [-0.25, -0.2) is 18.7 Å². The van der Waals surface area contributed by atoms with Crippen LogP contribution in [-0.2, 0) is 0 Å². The molecule has 1 aliphatic carbocycles. The average molecular weight is 363 g/mol. The fraction of sp³-hybridized carbons (Fsp3) is 0.125. The van der Waals surface area contributed by atoms with Crippen molar-refractivity contribution in [2.75, 3.05) is 18.7 Å². The third kappa shape index (κ3) is 2.86. The van der Waals surface area contributed by atoms with Gasteiger partial charge in [-0.05, 0) is 6.26 Å². The number of methoxy groups -OCH3 is 1. The molecule has 0 unspecified atom stereocenters. The van der Waals surface area contributed by atoms with Gasteiger partial charge < -0.3 is 10.1 Å². The smallest absolute Gasteiger partial charge is 0.220 e.